The van der Waals surface area contributed by atoms with E-state index in [1.54, 1.807) is 0 Å². The van der Waals surface area contributed by atoms with E-state index in [2.05, 4.69) is 34.7 Å². The molecule has 0 radical (unpaired) electrons. The van der Waals surface area contributed by atoms with Gasteiger partial charge in [-0.2, -0.15) is 0 Å². The molecular weight excluding hydrogens is 610 g/mol. The van der Waals surface area contributed by atoms with Gasteiger partial charge in [0.1, 0.15) is 12.4 Å². The van der Waals surface area contributed by atoms with Crippen LogP contribution in [0.15, 0.2) is 54.6 Å². The lowest BCUT2D eigenvalue weighted by molar-refractivity contribution is -0.889. The third kappa shape index (κ3) is 11.9. The molecule has 0 spiro atoms. The molecule has 2 aromatic carbocycles. The van der Waals surface area contributed by atoms with E-state index >= 15 is 0 Å². The van der Waals surface area contributed by atoms with E-state index in [1.807, 2.05) is 54.6 Å². The number of carbonyl (C=O) groups is 2. The van der Waals surface area contributed by atoms with E-state index in [9.17, 15) is 9.59 Å². The highest BCUT2D eigenvalue weighted by atomic mass is 79.9. The number of amides is 2. The van der Waals surface area contributed by atoms with Gasteiger partial charge in [0.25, 0.3) is 5.91 Å². The van der Waals surface area contributed by atoms with E-state index in [-0.39, 0.29) is 45.4 Å². The first-order valence-electron chi connectivity index (χ1n) is 13.3. The van der Waals surface area contributed by atoms with Gasteiger partial charge in [0.15, 0.2) is 22.5 Å². The number of ether oxygens (including phenoxy) is 1. The lowest BCUT2D eigenvalue weighted by Crippen LogP contribution is -3.00. The number of nitrogen functional groups attached to an aromatic ring is 2. The molecule has 3 rings (SSSR count). The molecule has 0 saturated heterocycles. The molecule has 0 saturated carbocycles. The Morgan fingerprint density at radius 2 is 1.56 bits per heavy atom. The Hall–Kier alpha value is -3.41. The summed E-state index contributed by atoms with van der Waals surface area (Å²) in [5.74, 6) is 0.292. The molecule has 0 fully saturated rings. The van der Waals surface area contributed by atoms with Crippen molar-refractivity contribution in [2.75, 3.05) is 51.7 Å². The minimum atomic E-state index is -0.435. The van der Waals surface area contributed by atoms with Crippen molar-refractivity contribution < 1.29 is 35.8 Å². The zero-order valence-electron chi connectivity index (χ0n) is 23.5. The Labute approximate surface area is 257 Å². The fourth-order valence-electron chi connectivity index (χ4n) is 4.04. The van der Waals surface area contributed by atoms with E-state index in [4.69, 9.17) is 27.8 Å². The van der Waals surface area contributed by atoms with Crippen molar-refractivity contribution in [2.24, 2.45) is 0 Å². The second-order valence-corrected chi connectivity index (χ2v) is 10.6. The number of aromatic nitrogens is 2. The molecule has 1 heterocycles. The van der Waals surface area contributed by atoms with Gasteiger partial charge in [0.05, 0.1) is 40.2 Å². The van der Waals surface area contributed by atoms with Gasteiger partial charge in [-0.25, -0.2) is 9.97 Å². The Morgan fingerprint density at radius 1 is 0.854 bits per heavy atom. The van der Waals surface area contributed by atoms with Crippen molar-refractivity contribution in [3.05, 3.63) is 76.6 Å². The maximum Gasteiger partial charge on any atom is 0.273 e. The van der Waals surface area contributed by atoms with Gasteiger partial charge >= 0.3 is 0 Å². The maximum absolute atomic E-state index is 12.4. The van der Waals surface area contributed by atoms with Gasteiger partial charge in [-0.15, -0.1) is 0 Å². The highest BCUT2D eigenvalue weighted by Crippen LogP contribution is 2.17. The smallest absolute Gasteiger partial charge is 0.273 e. The maximum atomic E-state index is 12.4. The minimum Gasteiger partial charge on any atom is -1.00 e. The van der Waals surface area contributed by atoms with Gasteiger partial charge in [-0.1, -0.05) is 54.1 Å². The van der Waals surface area contributed by atoms with Crippen LogP contribution >= 0.6 is 11.6 Å². The number of nitrogens with zero attached hydrogens (tertiary/aromatic N) is 3. The van der Waals surface area contributed by atoms with Crippen LogP contribution in [-0.2, 0) is 17.8 Å². The number of unbranched alkanes of at least 4 members (excludes halogenated alkanes) is 2. The summed E-state index contributed by atoms with van der Waals surface area (Å²) < 4.78 is 6.54. The number of nitrogens with two attached hydrogens (primary N) is 2. The van der Waals surface area contributed by atoms with Crippen LogP contribution in [0.4, 0.5) is 11.6 Å². The van der Waals surface area contributed by atoms with Crippen molar-refractivity contribution in [2.45, 2.75) is 32.3 Å². The van der Waals surface area contributed by atoms with Crippen molar-refractivity contribution in [1.29, 1.82) is 0 Å². The summed E-state index contributed by atoms with van der Waals surface area (Å²) in [4.78, 5) is 32.4. The molecule has 12 heteroatoms. The topological polar surface area (TPSA) is 145 Å². The SMILES string of the molecule is C[N+](C)(CCCCCNC(=O)Cc1ccc(OCc2ccccc2)cc1)CCNC(=O)c1nc(Cl)c(N)nc1N.[Br-]. The molecule has 0 unspecified atom stereocenters. The molecule has 0 atom stereocenters. The molecule has 6 N–H and O–H groups in total. The van der Waals surface area contributed by atoms with Crippen LogP contribution in [0.25, 0.3) is 0 Å². The summed E-state index contributed by atoms with van der Waals surface area (Å²) in [6.07, 6.45) is 3.25. The number of benzene rings is 2. The molecule has 0 bridgehead atoms. The Balaban J connectivity index is 0.00000588. The first-order chi connectivity index (χ1) is 19.1. The number of carbonyl (C=O) groups excluding carboxylic acids is 2. The number of hydrogen-bond donors (Lipinski definition) is 4. The average Bonchev–Trinajstić information content (AvgIpc) is 2.92. The number of rotatable bonds is 15. The molecule has 0 aliphatic rings. The lowest BCUT2D eigenvalue weighted by Gasteiger charge is -2.30. The first-order valence-corrected chi connectivity index (χ1v) is 13.7. The zero-order valence-corrected chi connectivity index (χ0v) is 25.9. The number of hydrogen-bond acceptors (Lipinski definition) is 7. The van der Waals surface area contributed by atoms with Crippen LogP contribution in [0.1, 0.15) is 40.9 Å². The number of halogens is 2. The van der Waals surface area contributed by atoms with Crippen LogP contribution in [0.3, 0.4) is 0 Å². The molecule has 2 amide bonds. The van der Waals surface area contributed by atoms with Gasteiger partial charge in [-0.3, -0.25) is 9.59 Å². The molecule has 41 heavy (non-hydrogen) atoms. The van der Waals surface area contributed by atoms with Gasteiger partial charge < -0.3 is 48.3 Å². The third-order valence-electron chi connectivity index (χ3n) is 6.42. The van der Waals surface area contributed by atoms with Crippen molar-refractivity contribution in [1.82, 2.24) is 20.6 Å². The second-order valence-electron chi connectivity index (χ2n) is 10.3. The number of nitrogens with one attached hydrogen (secondary N) is 2. The van der Waals surface area contributed by atoms with E-state index < -0.39 is 5.91 Å². The largest absolute Gasteiger partial charge is 1.00 e. The second kappa shape index (κ2) is 16.8. The highest BCUT2D eigenvalue weighted by Gasteiger charge is 2.18. The fraction of sp³-hybridized carbons (Fsp3) is 0.379. The van der Waals surface area contributed by atoms with Crippen molar-refractivity contribution >= 4 is 35.1 Å². The summed E-state index contributed by atoms with van der Waals surface area (Å²) in [5.41, 5.74) is 13.3. The molecule has 1 aromatic heterocycles. The summed E-state index contributed by atoms with van der Waals surface area (Å²) in [5, 5.41) is 5.76. The quantitative estimate of drug-likeness (QED) is 0.136. The number of anilines is 2. The van der Waals surface area contributed by atoms with Crippen LogP contribution in [0.5, 0.6) is 5.75 Å². The van der Waals surface area contributed by atoms with E-state index in [1.165, 1.54) is 0 Å². The third-order valence-corrected chi connectivity index (χ3v) is 6.70. The van der Waals surface area contributed by atoms with Crippen molar-refractivity contribution in [3.63, 3.8) is 0 Å². The Morgan fingerprint density at radius 3 is 2.27 bits per heavy atom. The lowest BCUT2D eigenvalue weighted by atomic mass is 10.1. The zero-order chi connectivity index (χ0) is 29.0. The van der Waals surface area contributed by atoms with Crippen molar-refractivity contribution in [3.8, 4) is 5.75 Å². The molecule has 10 nitrogen and oxygen atoms in total. The normalized spacial score (nSPS) is 10.9. The minimum absolute atomic E-state index is 0. The summed E-state index contributed by atoms with van der Waals surface area (Å²) in [7, 11) is 4.22. The van der Waals surface area contributed by atoms with Gasteiger partial charge in [-0.05, 0) is 42.5 Å². The van der Waals surface area contributed by atoms with E-state index in [0.717, 1.165) is 53.7 Å². The molecular formula is C29H39BrClN7O3. The van der Waals surface area contributed by atoms with Crippen LogP contribution < -0.4 is 43.8 Å². The van der Waals surface area contributed by atoms with Crippen LogP contribution in [-0.4, -0.2) is 66.5 Å². The molecule has 0 aliphatic carbocycles. The predicted octanol–water partition coefficient (Wildman–Crippen LogP) is 0.213. The molecule has 0 aliphatic heterocycles. The molecule has 3 aromatic rings. The first kappa shape index (κ1) is 33.8. The molecule has 222 valence electrons. The summed E-state index contributed by atoms with van der Waals surface area (Å²) in [6, 6.07) is 17.6. The number of likely N-dealkylation sites (N-methyl/N-ethyl adjacent to an activating group) is 1. The summed E-state index contributed by atoms with van der Waals surface area (Å²) >= 11 is 5.85. The Kier molecular flexibility index (Phi) is 13.8. The van der Waals surface area contributed by atoms with Gasteiger partial charge in [0.2, 0.25) is 5.91 Å². The standard InChI is InChI=1S/C29H38ClN7O3.BrH/c1-37(2,18-16-34-29(39)25-27(31)36-28(32)26(30)35-25)17-8-4-7-15-33-24(38)19-21-11-13-23(14-12-21)40-20-22-9-5-3-6-10-22;/h3,5-6,9-14H,4,7-8,15-20H2,1-2H3,(H5-,31,32,33,34,36,38,39);1H. The monoisotopic (exact) mass is 647 g/mol. The van der Waals surface area contributed by atoms with Gasteiger partial charge in [0, 0.05) is 6.54 Å². The average molecular weight is 649 g/mol. The summed E-state index contributed by atoms with van der Waals surface area (Å²) in [6.45, 7) is 3.28. The number of quaternary nitrogens is 1. The predicted molar refractivity (Wildman–Crippen MR) is 158 cm³/mol. The van der Waals surface area contributed by atoms with Crippen LogP contribution in [0.2, 0.25) is 5.15 Å². The van der Waals surface area contributed by atoms with E-state index in [0.29, 0.717) is 26.1 Å². The Bertz CT molecular complexity index is 1260. The van der Waals surface area contributed by atoms with Crippen LogP contribution in [0, 0.1) is 0 Å². The highest BCUT2D eigenvalue weighted by molar-refractivity contribution is 6.31. The fourth-order valence-corrected chi connectivity index (χ4v) is 4.16.